The molecular weight excluding hydrogens is 1100 g/mol. The quantitative estimate of drug-likeness (QED) is 0.0152. The molecular formula is C70H106O16. The number of ether oxygens (including phenoxy) is 4. The van der Waals surface area contributed by atoms with E-state index in [2.05, 4.69) is 0 Å². The highest BCUT2D eigenvalue weighted by molar-refractivity contribution is 6.18. The first kappa shape index (κ1) is 76.0. The number of unbranched alkanes of at least 4 members (excludes halogenated alkanes) is 12. The van der Waals surface area contributed by atoms with Crippen molar-refractivity contribution < 1.29 is 76.7 Å². The van der Waals surface area contributed by atoms with Gasteiger partial charge in [-0.15, -0.1) is 0 Å². The number of hydrogen-bond acceptors (Lipinski definition) is 16. The van der Waals surface area contributed by atoms with E-state index in [1.54, 1.807) is 0 Å². The summed E-state index contributed by atoms with van der Waals surface area (Å²) >= 11 is 0. The van der Waals surface area contributed by atoms with Crippen LogP contribution in [0.5, 0.6) is 0 Å². The monoisotopic (exact) mass is 1200 g/mol. The summed E-state index contributed by atoms with van der Waals surface area (Å²) in [5.41, 5.74) is -4.93. The second-order valence-electron chi connectivity index (χ2n) is 27.9. The van der Waals surface area contributed by atoms with Gasteiger partial charge in [0.1, 0.15) is 0 Å². The van der Waals surface area contributed by atoms with E-state index in [-0.39, 0.29) is 62.5 Å². The molecule has 2 aromatic rings. The molecule has 2 aromatic carbocycles. The molecule has 0 radical (unpaired) electrons. The van der Waals surface area contributed by atoms with Gasteiger partial charge >= 0.3 is 35.8 Å². The molecule has 0 aliphatic rings. The molecule has 482 valence electrons. The predicted molar refractivity (Wildman–Crippen MR) is 332 cm³/mol. The van der Waals surface area contributed by atoms with Crippen molar-refractivity contribution in [3.8, 4) is 0 Å². The normalized spacial score (nSPS) is 13.3. The molecule has 2 rings (SSSR count). The van der Waals surface area contributed by atoms with Gasteiger partial charge in [0.25, 0.3) is 0 Å². The van der Waals surface area contributed by atoms with Gasteiger partial charge in [-0.3, -0.25) is 38.4 Å². The Kier molecular flexibility index (Phi) is 32.7. The molecule has 0 bridgehead atoms. The average Bonchev–Trinajstić information content (AvgIpc) is 0.955. The van der Waals surface area contributed by atoms with Crippen LogP contribution in [0.25, 0.3) is 0 Å². The minimum absolute atomic E-state index is 0.0219. The van der Waals surface area contributed by atoms with Crippen molar-refractivity contribution in [1.29, 1.82) is 0 Å². The van der Waals surface area contributed by atoms with Crippen LogP contribution >= 0.6 is 0 Å². The number of ketones is 4. The third-order valence-electron chi connectivity index (χ3n) is 14.0. The van der Waals surface area contributed by atoms with E-state index in [0.717, 1.165) is 51.4 Å². The second-order valence-corrected chi connectivity index (χ2v) is 27.9. The molecule has 4 unspecified atom stereocenters. The highest BCUT2D eigenvalue weighted by atomic mass is 17.2. The summed E-state index contributed by atoms with van der Waals surface area (Å²) < 4.78 is 23.7. The number of Topliss-reactive ketones (excluding diaryl/α,β-unsaturated/α-hetero) is 4. The second kappa shape index (κ2) is 36.9. The summed E-state index contributed by atoms with van der Waals surface area (Å²) in [6.07, 6.45) is 5.60. The van der Waals surface area contributed by atoms with Crippen LogP contribution in [0.1, 0.15) is 327 Å². The Morgan fingerprint density at radius 3 is 0.756 bits per heavy atom. The maximum absolute atomic E-state index is 15.3. The number of carbonyl (C=O) groups is 10. The summed E-state index contributed by atoms with van der Waals surface area (Å²) in [5, 5.41) is 0. The van der Waals surface area contributed by atoms with Crippen LogP contribution in [-0.2, 0) is 47.9 Å². The predicted octanol–water partition coefficient (Wildman–Crippen LogP) is 16.6. The van der Waals surface area contributed by atoms with Crippen molar-refractivity contribution in [2.45, 2.75) is 289 Å². The fraction of sp³-hybridized carbons (Fsp3) is 0.686. The molecule has 0 saturated heterocycles. The smallest absolute Gasteiger partial charge is 0.387 e. The summed E-state index contributed by atoms with van der Waals surface area (Å²) in [6, 6.07) is 7.61. The van der Waals surface area contributed by atoms with Gasteiger partial charge < -0.3 is 18.9 Å². The van der Waals surface area contributed by atoms with Crippen molar-refractivity contribution in [3.05, 3.63) is 69.8 Å². The Labute approximate surface area is 514 Å². The van der Waals surface area contributed by atoms with Gasteiger partial charge in [0.2, 0.25) is 23.1 Å². The van der Waals surface area contributed by atoms with Crippen molar-refractivity contribution in [3.63, 3.8) is 0 Å². The molecule has 0 aliphatic heterocycles. The van der Waals surface area contributed by atoms with Gasteiger partial charge in [0.05, 0.1) is 36.8 Å². The van der Waals surface area contributed by atoms with Crippen LogP contribution in [0.3, 0.4) is 0 Å². The lowest BCUT2D eigenvalue weighted by molar-refractivity contribution is -0.187. The van der Waals surface area contributed by atoms with Gasteiger partial charge in [-0.05, 0) is 85.2 Å². The van der Waals surface area contributed by atoms with E-state index >= 15 is 19.2 Å². The third-order valence-corrected chi connectivity index (χ3v) is 14.0. The first-order valence-electron chi connectivity index (χ1n) is 31.8. The number of rotatable bonds is 38. The molecule has 0 amide bonds. The lowest BCUT2D eigenvalue weighted by atomic mass is 9.88. The highest BCUT2D eigenvalue weighted by Crippen LogP contribution is 2.31. The molecule has 0 aromatic heterocycles. The minimum atomic E-state index is -1.50. The maximum Gasteiger partial charge on any atom is 0.387 e. The zero-order valence-corrected chi connectivity index (χ0v) is 55.3. The molecule has 16 heteroatoms. The summed E-state index contributed by atoms with van der Waals surface area (Å²) in [4.78, 5) is 155. The Morgan fingerprint density at radius 2 is 0.535 bits per heavy atom. The zero-order chi connectivity index (χ0) is 65.0. The van der Waals surface area contributed by atoms with Crippen LogP contribution in [0, 0.1) is 21.7 Å². The van der Waals surface area contributed by atoms with E-state index in [0.29, 0.717) is 51.4 Å². The van der Waals surface area contributed by atoms with Crippen molar-refractivity contribution in [2.75, 3.05) is 0 Å². The average molecular weight is 1200 g/mol. The fourth-order valence-corrected chi connectivity index (χ4v) is 9.75. The van der Waals surface area contributed by atoms with Crippen LogP contribution in [-0.4, -0.2) is 83.4 Å². The lowest BCUT2D eigenvalue weighted by Gasteiger charge is -2.24. The van der Waals surface area contributed by atoms with Crippen LogP contribution in [0.15, 0.2) is 36.4 Å². The number of hydrogen-bond donors (Lipinski definition) is 0. The van der Waals surface area contributed by atoms with Gasteiger partial charge in [0.15, 0.2) is 24.4 Å². The highest BCUT2D eigenvalue weighted by Gasteiger charge is 2.39. The Hall–Kier alpha value is -6.06. The molecule has 0 spiro atoms. The van der Waals surface area contributed by atoms with Crippen LogP contribution in [0.2, 0.25) is 0 Å². The van der Waals surface area contributed by atoms with Gasteiger partial charge in [0, 0.05) is 22.3 Å². The molecule has 0 saturated carbocycles. The third kappa shape index (κ3) is 28.6. The standard InChI is InChI=1S/C70H106O16/c1-17-21-25-29-39-51(81-55(71)43-67(5,6)7)61(75)47-35-33-37-49(59(47)63(77)53(41-31-27-23-19-3)83-57(73)45-69(11,12)13)65(79)85-86-66(80)50-38-34-36-48(62(76)52(40-30-26-22-18-2)82-56(72)44-68(8,9)10)60(50)64(78)54(42-32-28-24-20-4)84-58(74)46-70(14,15)16/h33-38,51-54H,17-32,39-46H2,1-16H3. The number of esters is 4. The van der Waals surface area contributed by atoms with E-state index in [1.165, 1.54) is 36.4 Å². The van der Waals surface area contributed by atoms with Gasteiger partial charge in [-0.25, -0.2) is 19.4 Å². The largest absolute Gasteiger partial charge is 0.454 e. The SMILES string of the molecule is CCCCCCC(OC(=O)CC(C)(C)C)C(=O)c1cccc(C(=O)OOC(=O)c2cccc(C(=O)C(CCCCCC)OC(=O)CC(C)(C)C)c2C(=O)C(CCCCCC)OC(=O)CC(C)(C)C)c1C(=O)C(CCCCCC)OC(=O)CC(C)(C)C. The van der Waals surface area contributed by atoms with E-state index in [9.17, 15) is 28.8 Å². The maximum atomic E-state index is 15.3. The van der Waals surface area contributed by atoms with Crippen molar-refractivity contribution in [1.82, 2.24) is 0 Å². The van der Waals surface area contributed by atoms with Crippen LogP contribution in [0.4, 0.5) is 0 Å². The first-order valence-corrected chi connectivity index (χ1v) is 31.8. The molecule has 4 atom stereocenters. The van der Waals surface area contributed by atoms with Gasteiger partial charge in [-0.2, -0.15) is 0 Å². The summed E-state index contributed by atoms with van der Waals surface area (Å²) in [7, 11) is 0. The van der Waals surface area contributed by atoms with E-state index in [1.807, 2.05) is 111 Å². The minimum Gasteiger partial charge on any atom is -0.454 e. The molecule has 0 N–H and O–H groups in total. The Balaban J connectivity index is 3.04. The van der Waals surface area contributed by atoms with Crippen molar-refractivity contribution in [2.24, 2.45) is 21.7 Å². The Morgan fingerprint density at radius 1 is 0.314 bits per heavy atom. The molecule has 0 aliphatic carbocycles. The summed E-state index contributed by atoms with van der Waals surface area (Å²) in [5.74, 6) is -9.02. The van der Waals surface area contributed by atoms with E-state index in [4.69, 9.17) is 28.7 Å². The fourth-order valence-electron chi connectivity index (χ4n) is 9.75. The molecule has 86 heavy (non-hydrogen) atoms. The van der Waals surface area contributed by atoms with Gasteiger partial charge in [-0.1, -0.05) is 212 Å². The molecule has 16 nitrogen and oxygen atoms in total. The van der Waals surface area contributed by atoms with E-state index < -0.39 is 127 Å². The Bertz CT molecular complexity index is 2390. The molecule has 0 fully saturated rings. The number of benzene rings is 2. The number of carbonyl (C=O) groups excluding carboxylic acids is 10. The molecule has 0 heterocycles. The summed E-state index contributed by atoms with van der Waals surface area (Å²) in [6.45, 7) is 30.1. The topological polar surface area (TPSA) is 226 Å². The first-order chi connectivity index (χ1) is 40.2. The van der Waals surface area contributed by atoms with Crippen molar-refractivity contribution >= 4 is 58.9 Å². The van der Waals surface area contributed by atoms with Crippen LogP contribution < -0.4 is 0 Å². The zero-order valence-electron chi connectivity index (χ0n) is 55.3. The lowest BCUT2D eigenvalue weighted by Crippen LogP contribution is -2.35.